The van der Waals surface area contributed by atoms with Crippen LogP contribution in [0.4, 0.5) is 4.79 Å². The largest absolute Gasteiger partial charge is 0.478 e. The first-order valence-corrected chi connectivity index (χ1v) is 8.44. The van der Waals surface area contributed by atoms with E-state index in [1.54, 1.807) is 26.8 Å². The molecule has 0 saturated carbocycles. The molecule has 0 fully saturated rings. The Bertz CT molecular complexity index is 575. The van der Waals surface area contributed by atoms with Gasteiger partial charge in [-0.15, -0.1) is 0 Å². The van der Waals surface area contributed by atoms with E-state index in [2.05, 4.69) is 5.32 Å². The summed E-state index contributed by atoms with van der Waals surface area (Å²) in [6.45, 7) is 9.36. The average molecular weight is 352 g/mol. The normalized spacial score (nSPS) is 19.8. The van der Waals surface area contributed by atoms with Crippen molar-refractivity contribution in [1.29, 1.82) is 0 Å². The number of carbonyl (C=O) groups excluding carboxylic acids is 2. The maximum Gasteiger partial charge on any atom is 0.410 e. The van der Waals surface area contributed by atoms with Crippen molar-refractivity contribution in [2.24, 2.45) is 5.92 Å². The topological polar surface area (TPSA) is 95.9 Å². The Morgan fingerprint density at radius 1 is 1.32 bits per heavy atom. The van der Waals surface area contributed by atoms with Gasteiger partial charge >= 0.3 is 12.1 Å². The fourth-order valence-electron chi connectivity index (χ4n) is 2.33. The van der Waals surface area contributed by atoms with Crippen molar-refractivity contribution in [3.8, 4) is 0 Å². The van der Waals surface area contributed by atoms with Crippen LogP contribution in [0.2, 0.25) is 0 Å². The quantitative estimate of drug-likeness (QED) is 0.765. The minimum atomic E-state index is -1.04. The molecular weight excluding hydrogens is 324 g/mol. The maximum atomic E-state index is 12.3. The lowest BCUT2D eigenvalue weighted by Crippen LogP contribution is -2.47. The van der Waals surface area contributed by atoms with E-state index in [1.165, 1.54) is 17.1 Å². The van der Waals surface area contributed by atoms with Crippen LogP contribution in [0.3, 0.4) is 0 Å². The predicted molar refractivity (Wildman–Crippen MR) is 94.1 cm³/mol. The molecule has 2 amide bonds. The van der Waals surface area contributed by atoms with Gasteiger partial charge in [-0.1, -0.05) is 26.0 Å². The van der Waals surface area contributed by atoms with Crippen molar-refractivity contribution in [1.82, 2.24) is 10.2 Å². The van der Waals surface area contributed by atoms with Crippen LogP contribution < -0.4 is 5.32 Å². The number of nitrogens with one attached hydrogen (secondary N) is 1. The van der Waals surface area contributed by atoms with E-state index in [9.17, 15) is 14.4 Å². The van der Waals surface area contributed by atoms with Crippen LogP contribution in [0.25, 0.3) is 0 Å². The van der Waals surface area contributed by atoms with Crippen LogP contribution in [-0.2, 0) is 14.3 Å². The molecule has 1 aliphatic carbocycles. The molecule has 0 radical (unpaired) electrons. The highest BCUT2D eigenvalue weighted by molar-refractivity contribution is 5.90. The van der Waals surface area contributed by atoms with Crippen LogP contribution in [0.1, 0.15) is 41.0 Å². The molecule has 0 bridgehead atoms. The lowest BCUT2D eigenvalue weighted by Gasteiger charge is -2.28. The van der Waals surface area contributed by atoms with Crippen molar-refractivity contribution in [2.75, 3.05) is 13.1 Å². The van der Waals surface area contributed by atoms with Gasteiger partial charge in [0, 0.05) is 6.54 Å². The number of amides is 2. The number of nitrogens with zero attached hydrogens (tertiary/aromatic N) is 1. The lowest BCUT2D eigenvalue weighted by atomic mass is 9.93. The van der Waals surface area contributed by atoms with Gasteiger partial charge in [-0.3, -0.25) is 9.69 Å². The third-order valence-electron chi connectivity index (χ3n) is 3.56. The van der Waals surface area contributed by atoms with E-state index in [1.807, 2.05) is 13.8 Å². The van der Waals surface area contributed by atoms with Crippen LogP contribution in [0.5, 0.6) is 0 Å². The van der Waals surface area contributed by atoms with Gasteiger partial charge in [-0.25, -0.2) is 9.59 Å². The molecule has 2 N–H and O–H groups in total. The van der Waals surface area contributed by atoms with Gasteiger partial charge in [0.25, 0.3) is 0 Å². The summed E-state index contributed by atoms with van der Waals surface area (Å²) in [5.41, 5.74) is -0.498. The summed E-state index contributed by atoms with van der Waals surface area (Å²) in [5, 5.41) is 11.9. The molecular formula is C18H28N2O5. The SMILES string of the molecule is CCCN(CC(=O)NC1C=C(C(=O)O)C=CC1C)C(=O)OC(C)(C)C. The highest BCUT2D eigenvalue weighted by atomic mass is 16.6. The molecule has 7 nitrogen and oxygen atoms in total. The summed E-state index contributed by atoms with van der Waals surface area (Å²) in [7, 11) is 0. The summed E-state index contributed by atoms with van der Waals surface area (Å²) >= 11 is 0. The van der Waals surface area contributed by atoms with Crippen molar-refractivity contribution in [3.05, 3.63) is 23.8 Å². The molecule has 0 aliphatic heterocycles. The van der Waals surface area contributed by atoms with Gasteiger partial charge in [0.15, 0.2) is 0 Å². The zero-order chi connectivity index (χ0) is 19.2. The Hall–Kier alpha value is -2.31. The number of hydrogen-bond acceptors (Lipinski definition) is 4. The summed E-state index contributed by atoms with van der Waals surface area (Å²) in [4.78, 5) is 37.0. The van der Waals surface area contributed by atoms with E-state index >= 15 is 0 Å². The van der Waals surface area contributed by atoms with Crippen molar-refractivity contribution in [3.63, 3.8) is 0 Å². The Kier molecular flexibility index (Phi) is 7.21. The lowest BCUT2D eigenvalue weighted by molar-refractivity contribution is -0.132. The molecule has 0 heterocycles. The molecule has 0 spiro atoms. The molecule has 2 unspecified atom stereocenters. The first-order valence-electron chi connectivity index (χ1n) is 8.44. The smallest absolute Gasteiger partial charge is 0.410 e. The third-order valence-corrected chi connectivity index (χ3v) is 3.56. The standard InChI is InChI=1S/C18H28N2O5/c1-6-9-20(17(24)25-18(3,4)5)11-15(21)19-14-10-13(16(22)23)8-7-12(14)2/h7-8,10,12,14H,6,9,11H2,1-5H3,(H,19,21)(H,22,23). The van der Waals surface area contributed by atoms with Gasteiger partial charge in [0.05, 0.1) is 11.6 Å². The molecule has 1 aliphatic rings. The van der Waals surface area contributed by atoms with E-state index in [-0.39, 0.29) is 23.9 Å². The van der Waals surface area contributed by atoms with Crippen molar-refractivity contribution in [2.45, 2.75) is 52.7 Å². The van der Waals surface area contributed by atoms with E-state index in [0.29, 0.717) is 13.0 Å². The first-order chi connectivity index (χ1) is 11.5. The van der Waals surface area contributed by atoms with Crippen molar-refractivity contribution >= 4 is 18.0 Å². The monoisotopic (exact) mass is 352 g/mol. The average Bonchev–Trinajstić information content (AvgIpc) is 2.47. The highest BCUT2D eigenvalue weighted by Crippen LogP contribution is 2.17. The summed E-state index contributed by atoms with van der Waals surface area (Å²) < 4.78 is 5.32. The predicted octanol–water partition coefficient (Wildman–Crippen LogP) is 2.34. The fourth-order valence-corrected chi connectivity index (χ4v) is 2.33. The summed E-state index contributed by atoms with van der Waals surface area (Å²) in [6.07, 6.45) is 4.94. The minimum absolute atomic E-state index is 0.0341. The molecule has 7 heteroatoms. The Morgan fingerprint density at radius 3 is 2.48 bits per heavy atom. The number of carbonyl (C=O) groups is 3. The molecule has 1 rings (SSSR count). The van der Waals surface area contributed by atoms with Crippen LogP contribution in [0, 0.1) is 5.92 Å². The zero-order valence-corrected chi connectivity index (χ0v) is 15.5. The summed E-state index contributed by atoms with van der Waals surface area (Å²) in [6, 6.07) is -0.425. The number of hydrogen-bond donors (Lipinski definition) is 2. The van der Waals surface area contributed by atoms with Crippen molar-refractivity contribution < 1.29 is 24.2 Å². The van der Waals surface area contributed by atoms with E-state index in [4.69, 9.17) is 9.84 Å². The van der Waals surface area contributed by atoms with Gasteiger partial charge < -0.3 is 15.2 Å². The van der Waals surface area contributed by atoms with E-state index in [0.717, 1.165) is 0 Å². The van der Waals surface area contributed by atoms with Gasteiger partial charge in [0.2, 0.25) is 5.91 Å². The van der Waals surface area contributed by atoms with Gasteiger partial charge in [0.1, 0.15) is 12.1 Å². The molecule has 0 aromatic carbocycles. The van der Waals surface area contributed by atoms with E-state index < -0.39 is 23.7 Å². The number of ether oxygens (including phenoxy) is 1. The maximum absolute atomic E-state index is 12.3. The number of carboxylic acids is 1. The second-order valence-corrected chi connectivity index (χ2v) is 7.14. The summed E-state index contributed by atoms with van der Waals surface area (Å²) in [5.74, 6) is -1.43. The second kappa shape index (κ2) is 8.69. The number of carboxylic acid groups (broad SMARTS) is 1. The minimum Gasteiger partial charge on any atom is -0.478 e. The molecule has 140 valence electrons. The Morgan fingerprint density at radius 2 is 1.96 bits per heavy atom. The fraction of sp³-hybridized carbons (Fsp3) is 0.611. The molecule has 25 heavy (non-hydrogen) atoms. The van der Waals surface area contributed by atoms with Gasteiger partial charge in [-0.2, -0.15) is 0 Å². The Labute approximate surface area is 148 Å². The number of aliphatic carboxylic acids is 1. The number of rotatable bonds is 6. The molecule has 0 aromatic rings. The molecule has 2 atom stereocenters. The third kappa shape index (κ3) is 6.99. The second-order valence-electron chi connectivity index (χ2n) is 7.14. The van der Waals surface area contributed by atoms with Gasteiger partial charge in [-0.05, 0) is 39.2 Å². The first kappa shape index (κ1) is 20.7. The highest BCUT2D eigenvalue weighted by Gasteiger charge is 2.26. The Balaban J connectivity index is 2.73. The van der Waals surface area contributed by atoms with Crippen LogP contribution >= 0.6 is 0 Å². The van der Waals surface area contributed by atoms with Crippen LogP contribution in [0.15, 0.2) is 23.8 Å². The molecule has 0 saturated heterocycles. The van der Waals surface area contributed by atoms with Crippen LogP contribution in [-0.4, -0.2) is 52.7 Å². The molecule has 0 aromatic heterocycles. The zero-order valence-electron chi connectivity index (χ0n) is 15.5.